The van der Waals surface area contributed by atoms with Gasteiger partial charge in [0.2, 0.25) is 5.78 Å². The summed E-state index contributed by atoms with van der Waals surface area (Å²) in [7, 11) is 0. The number of carbonyl (C=O) groups excluding carboxylic acids is 10. The third-order valence-corrected chi connectivity index (χ3v) is 22.7. The van der Waals surface area contributed by atoms with Crippen LogP contribution in [0, 0.1) is 33.2 Å². The molecule has 136 heavy (non-hydrogen) atoms. The van der Waals surface area contributed by atoms with Crippen molar-refractivity contribution in [1.29, 1.82) is 0 Å². The predicted molar refractivity (Wildman–Crippen MR) is 536 cm³/mol. The van der Waals surface area contributed by atoms with Crippen molar-refractivity contribution in [2.45, 2.75) is 244 Å². The number of Topliss-reactive ketones (excluding diaryl/α,β-unsaturated/α-hetero) is 3. The van der Waals surface area contributed by atoms with Crippen LogP contribution in [0.3, 0.4) is 0 Å². The quantitative estimate of drug-likeness (QED) is 0.0129. The summed E-state index contributed by atoms with van der Waals surface area (Å²) in [5, 5.41) is 18.9. The van der Waals surface area contributed by atoms with Gasteiger partial charge in [-0.1, -0.05) is 146 Å². The Hall–Kier alpha value is -9.76. The predicted octanol–water partition coefficient (Wildman–Crippen LogP) is 20.1. The van der Waals surface area contributed by atoms with E-state index in [2.05, 4.69) is 101 Å². The van der Waals surface area contributed by atoms with Crippen LogP contribution in [0.25, 0.3) is 0 Å². The van der Waals surface area contributed by atoms with E-state index >= 15 is 0 Å². The number of rotatable bonds is 19. The van der Waals surface area contributed by atoms with Gasteiger partial charge in [0.25, 0.3) is 17.7 Å². The van der Waals surface area contributed by atoms with Crippen molar-refractivity contribution in [3.05, 3.63) is 254 Å². The number of piperidine rings is 4. The number of benzene rings is 7. The number of nitrogens with one attached hydrogen (secondary N) is 2. The summed E-state index contributed by atoms with van der Waals surface area (Å²) in [6.07, 6.45) is -0.314. The van der Waals surface area contributed by atoms with Crippen molar-refractivity contribution >= 4 is 82.2 Å². The summed E-state index contributed by atoms with van der Waals surface area (Å²) in [6, 6.07) is 62.8. The molecule has 0 bridgehead atoms. The Morgan fingerprint density at radius 1 is 0.404 bits per heavy atom. The van der Waals surface area contributed by atoms with Gasteiger partial charge in [0, 0.05) is 122 Å². The minimum atomic E-state index is -4.64. The summed E-state index contributed by atoms with van der Waals surface area (Å²) in [5.41, 5.74) is 4.42. The summed E-state index contributed by atoms with van der Waals surface area (Å²) < 4.78 is 58.3. The van der Waals surface area contributed by atoms with Gasteiger partial charge in [-0.3, -0.25) is 28.8 Å². The van der Waals surface area contributed by atoms with Crippen LogP contribution in [0.1, 0.15) is 284 Å². The van der Waals surface area contributed by atoms with Gasteiger partial charge in [-0.2, -0.15) is 33.9 Å². The maximum absolute atomic E-state index is 12.8. The number of hydrogen-bond donors (Lipinski definition) is 3. The van der Waals surface area contributed by atoms with Gasteiger partial charge in [0.15, 0.2) is 11.6 Å². The molecule has 4 heterocycles. The molecule has 4 saturated heterocycles. The smallest absolute Gasteiger partial charge is 0.444 e. The summed E-state index contributed by atoms with van der Waals surface area (Å²) in [5.74, 6) is 1.58. The molecule has 23 nitrogen and oxygen atoms in total. The number of nitrogens with zero attached hydrogens (tertiary/aromatic N) is 5. The average Bonchev–Trinajstić information content (AvgIpc) is 0.757. The van der Waals surface area contributed by atoms with Crippen molar-refractivity contribution in [1.82, 2.24) is 35.1 Å². The molecular formula is C108H150F3ILiN7O16. The third-order valence-electron chi connectivity index (χ3n) is 22.0. The molecule has 4 aliphatic rings. The molecule has 4 fully saturated rings. The molecule has 0 aromatic heterocycles. The Labute approximate surface area is 833 Å². The second-order valence-corrected chi connectivity index (χ2v) is 39.0. The molecule has 0 spiro atoms. The monoisotopic (exact) mass is 1990 g/mol. The fourth-order valence-electron chi connectivity index (χ4n) is 15.1. The molecule has 3 N–H and O–H groups in total. The molecule has 28 heteroatoms. The van der Waals surface area contributed by atoms with Crippen LogP contribution < -0.4 is 29.5 Å². The van der Waals surface area contributed by atoms with E-state index in [0.717, 1.165) is 102 Å². The molecule has 742 valence electrons. The zero-order valence-electron chi connectivity index (χ0n) is 84.7. The average molecular weight is 1990 g/mol. The van der Waals surface area contributed by atoms with Crippen LogP contribution in [-0.2, 0) is 34.1 Å². The van der Waals surface area contributed by atoms with Crippen molar-refractivity contribution < 1.29 is 109 Å². The van der Waals surface area contributed by atoms with Gasteiger partial charge in [0.1, 0.15) is 28.0 Å². The molecule has 5 amide bonds. The largest absolute Gasteiger partial charge is 1.00 e. The zero-order valence-corrected chi connectivity index (χ0v) is 86.9. The van der Waals surface area contributed by atoms with Gasteiger partial charge in [-0.15, -0.1) is 0 Å². The molecule has 2 atom stereocenters. The minimum absolute atomic E-state index is 0. The number of ether oxygens (including phenoxy) is 5. The van der Waals surface area contributed by atoms with Crippen molar-refractivity contribution in [3.63, 3.8) is 0 Å². The van der Waals surface area contributed by atoms with Crippen LogP contribution in [0.15, 0.2) is 194 Å². The fourth-order valence-corrected chi connectivity index (χ4v) is 15.5. The maximum atomic E-state index is 12.8. The van der Waals surface area contributed by atoms with Crippen molar-refractivity contribution in [3.8, 4) is 0 Å². The SMILES string of the molecule is CC(=O)C(F)(F)F.CC(C)(C)OC(=O)N1CCC(C(=O)c2ccccc2)CC1.CC(C)(C)OC(=O)OC(=O)OC(C)(C)C.CCN(CC)C(=O)c1ccc(C(O)(c2ccccc2)C2CCN(C(=O)OC(C)(C)C)CC2)cc1.CCN(CC)C(=O)c1ccc(C(c2ccccc2)C2CCNCC2)cc1.CCN(CC)C(=O)c1ccc(I)cc1.C[C-](C)C.O=C(c1ccccc1)C1CCNCC1.[Li+]. The van der Waals surface area contributed by atoms with Gasteiger partial charge >= 0.3 is 49.5 Å². The molecule has 0 saturated carbocycles. The van der Waals surface area contributed by atoms with Gasteiger partial charge in [0.05, 0.1) is 0 Å². The second-order valence-electron chi connectivity index (χ2n) is 37.8. The Morgan fingerprint density at radius 2 is 0.684 bits per heavy atom. The van der Waals surface area contributed by atoms with E-state index in [1.165, 1.54) is 29.9 Å². The van der Waals surface area contributed by atoms with Crippen LogP contribution in [0.4, 0.5) is 32.3 Å². The maximum Gasteiger partial charge on any atom is 1.00 e. The molecule has 0 radical (unpaired) electrons. The number of alkyl halides is 3. The molecule has 7 aromatic rings. The Balaban J connectivity index is 0.000000421. The molecule has 7 aromatic carbocycles. The number of amides is 5. The van der Waals surface area contributed by atoms with Gasteiger partial charge < -0.3 is 69.8 Å². The fraction of sp³-hybridized carbons (Fsp3) is 0.509. The Kier molecular flexibility index (Phi) is 52.7. The third kappa shape index (κ3) is 43.5. The molecule has 11 rings (SSSR count). The van der Waals surface area contributed by atoms with Crippen LogP contribution >= 0.6 is 22.6 Å². The number of aliphatic hydroxyl groups is 1. The summed E-state index contributed by atoms with van der Waals surface area (Å²) >= 11 is 2.23. The van der Waals surface area contributed by atoms with Crippen molar-refractivity contribution in [2.75, 3.05) is 91.6 Å². The first-order valence-corrected chi connectivity index (χ1v) is 48.2. The van der Waals surface area contributed by atoms with E-state index in [9.17, 15) is 66.2 Å². The van der Waals surface area contributed by atoms with Gasteiger partial charge in [-0.05, 0) is 307 Å². The normalized spacial score (nSPS) is 14.9. The van der Waals surface area contributed by atoms with Crippen molar-refractivity contribution in [2.24, 2.45) is 23.7 Å². The van der Waals surface area contributed by atoms with Crippen LogP contribution in [0.2, 0.25) is 0 Å². The minimum Gasteiger partial charge on any atom is -0.444 e. The first-order chi connectivity index (χ1) is 63.4. The van der Waals surface area contributed by atoms with E-state index in [1.807, 2.05) is 232 Å². The molecule has 0 aliphatic carbocycles. The second kappa shape index (κ2) is 59.5. The topological polar surface area (TPSA) is 277 Å². The van der Waals surface area contributed by atoms with Crippen LogP contribution in [-0.4, -0.2) is 209 Å². The summed E-state index contributed by atoms with van der Waals surface area (Å²) in [4.78, 5) is 126. The number of ketones is 3. The zero-order chi connectivity index (χ0) is 101. The van der Waals surface area contributed by atoms with Crippen LogP contribution in [0.5, 0.6) is 0 Å². The number of hydrogen-bond acceptors (Lipinski definition) is 18. The molecule has 4 aliphatic heterocycles. The Morgan fingerprint density at radius 3 is 1.01 bits per heavy atom. The first kappa shape index (κ1) is 120. The number of likely N-dealkylation sites (tertiary alicyclic amines) is 2. The van der Waals surface area contributed by atoms with E-state index in [-0.39, 0.29) is 72.3 Å². The number of halogens is 4. The summed E-state index contributed by atoms with van der Waals surface area (Å²) in [6.45, 7) is 50.6. The van der Waals surface area contributed by atoms with E-state index in [0.29, 0.717) is 95.1 Å². The van der Waals surface area contributed by atoms with E-state index < -0.39 is 52.3 Å². The molecular weight excluding hydrogens is 1840 g/mol. The number of carbonyl (C=O) groups is 10. The van der Waals surface area contributed by atoms with E-state index in [4.69, 9.17) is 18.9 Å². The van der Waals surface area contributed by atoms with E-state index in [1.54, 1.807) is 68.4 Å². The molecule has 2 unspecified atom stereocenters. The first-order valence-electron chi connectivity index (χ1n) is 47.1. The Bertz CT molecular complexity index is 4670. The van der Waals surface area contributed by atoms with Gasteiger partial charge in [-0.25, -0.2) is 19.2 Å². The standard InChI is InChI=1S/C28H38N2O4.C23H30N2O.C17H23NO3.C12H15NO.C11H14INO.C10H18O5.C4H9.C3H3F3O.Li/c1-6-29(7-2)25(31)21-13-15-23(16-14-21)28(33,22-11-9-8-10-12-22)24-17-19-30(20-18-24)26(32)34-27(3,4)5;1-3-25(4-2)23(26)21-12-10-19(11-13-21)22(18-8-6-5-7-9-18)20-14-16-24-17-15-20;1-17(2,3)21-16(20)18-11-9-14(10-12-18)15(19)13-7-5-4-6-8-13;14-12(10-4-2-1-3-5-10)11-6-8-13-9-7-11;1-3-13(4-2)11(14)9-5-7-10(12)8-6-9;1-9(2,3)14-7(11)13-8(12)15-10(4,5)6;1-4(2)3;1-2(7)3(4,5)6;/h8-16,24,33H,6-7,17-20H2,1-5H3;5-13,20,22,24H,3-4,14-17H2,1-2H3;4-8,14H,9-12H2,1-3H3;1-5,11,13H,6-9H2;5-8H,3-4H2,1-2H3;1-6H3;1-3H3;1H3;/q;;;;;;-1;;+1.